The first kappa shape index (κ1) is 30.8. The molecule has 0 spiro atoms. The molecule has 0 aliphatic heterocycles. The summed E-state index contributed by atoms with van der Waals surface area (Å²) in [4.78, 5) is 6.25. The van der Waals surface area contributed by atoms with Crippen molar-refractivity contribution < 1.29 is 20.4 Å². The molecule has 0 heterocycles. The van der Waals surface area contributed by atoms with E-state index in [9.17, 15) is 0 Å². The van der Waals surface area contributed by atoms with Crippen molar-refractivity contribution in [3.8, 4) is 0 Å². The van der Waals surface area contributed by atoms with E-state index in [1.165, 1.54) is 14.7 Å². The van der Waals surface area contributed by atoms with E-state index in [1.807, 2.05) is 0 Å². The number of hydrogen-bond donors (Lipinski definition) is 5. The second-order valence-corrected chi connectivity index (χ2v) is 2.50. The second-order valence-electron chi connectivity index (χ2n) is 2.50. The van der Waals surface area contributed by atoms with Crippen LogP contribution in [-0.2, 0) is 0 Å². The average molecular weight is 305 g/mol. The van der Waals surface area contributed by atoms with Gasteiger partial charge in [-0.1, -0.05) is 0 Å². The molecule has 0 rings (SSSR count). The number of hydrogen-bond acceptors (Lipinski definition) is 5. The Morgan fingerprint density at radius 1 is 0.619 bits per heavy atom. The summed E-state index contributed by atoms with van der Waals surface area (Å²) < 4.78 is 0. The molecule has 21 heavy (non-hydrogen) atoms. The fourth-order valence-electron chi connectivity index (χ4n) is 0.300. The predicted octanol–water partition coefficient (Wildman–Crippen LogP) is 1.42. The lowest BCUT2D eigenvalue weighted by Gasteiger charge is -2.23. The largest absolute Gasteiger partial charge is 0.396 e. The molecular weight excluding hydrogens is 292 g/mol. The first-order valence-electron chi connectivity index (χ1n) is 4.30. The summed E-state index contributed by atoms with van der Waals surface area (Å²) in [5, 5.41) is 34.0. The van der Waals surface area contributed by atoms with E-state index >= 15 is 0 Å². The van der Waals surface area contributed by atoms with Crippen molar-refractivity contribution in [3.63, 3.8) is 0 Å². The molecule has 0 fully saturated rings. The van der Waals surface area contributed by atoms with Crippen LogP contribution in [0.15, 0.2) is 0 Å². The highest BCUT2D eigenvalue weighted by Gasteiger charge is 2.26. The highest BCUT2D eigenvalue weighted by Crippen LogP contribution is 2.11. The molecular formula is C5H13N12O4-3. The van der Waals surface area contributed by atoms with Crippen molar-refractivity contribution in [1.29, 1.82) is 5.53 Å². The number of aliphatic hydroxyl groups is 4. The highest BCUT2D eigenvalue weighted by atomic mass is 16.3. The summed E-state index contributed by atoms with van der Waals surface area (Å²) in [7, 11) is 0. The van der Waals surface area contributed by atoms with Gasteiger partial charge in [0.2, 0.25) is 0 Å². The lowest BCUT2D eigenvalue weighted by molar-refractivity contribution is -0.0328. The maximum absolute atomic E-state index is 8.50. The van der Waals surface area contributed by atoms with Crippen LogP contribution in [0.1, 0.15) is 0 Å². The van der Waals surface area contributed by atoms with Gasteiger partial charge in [0.05, 0.1) is 31.8 Å². The first-order valence-corrected chi connectivity index (χ1v) is 4.30. The third-order valence-electron chi connectivity index (χ3n) is 1.34. The van der Waals surface area contributed by atoms with Gasteiger partial charge in [-0.15, -0.1) is 5.53 Å². The normalized spacial score (nSPS) is 6.67. The molecule has 0 radical (unpaired) electrons. The molecule has 0 amide bonds. The summed E-state index contributed by atoms with van der Waals surface area (Å²) in [6.07, 6.45) is 0. The lowest BCUT2D eigenvalue weighted by Crippen LogP contribution is -2.37. The van der Waals surface area contributed by atoms with Gasteiger partial charge in [-0.25, -0.2) is 0 Å². The summed E-state index contributed by atoms with van der Waals surface area (Å²) in [6.45, 7) is -1.62. The van der Waals surface area contributed by atoms with Crippen LogP contribution in [0.2, 0.25) is 0 Å². The van der Waals surface area contributed by atoms with Crippen LogP contribution in [0.4, 0.5) is 0 Å². The number of nitrogens with one attached hydrogen (secondary N) is 1. The van der Waals surface area contributed by atoms with Crippen molar-refractivity contribution in [1.82, 2.24) is 0 Å². The van der Waals surface area contributed by atoms with Crippen LogP contribution in [0, 0.1) is 10.9 Å². The summed E-state index contributed by atoms with van der Waals surface area (Å²) in [5.74, 6) is 0. The maximum Gasteiger partial charge on any atom is 0.0627 e. The zero-order valence-corrected chi connectivity index (χ0v) is 10.5. The highest BCUT2D eigenvalue weighted by molar-refractivity contribution is 4.74. The van der Waals surface area contributed by atoms with Crippen LogP contribution in [-0.4, -0.2) is 46.9 Å². The van der Waals surface area contributed by atoms with E-state index in [4.69, 9.17) is 64.7 Å². The zero-order valence-electron chi connectivity index (χ0n) is 10.5. The number of nitrogens with zero attached hydrogens (tertiary/aromatic N) is 11. The minimum Gasteiger partial charge on any atom is -0.396 e. The van der Waals surface area contributed by atoms with Crippen molar-refractivity contribution >= 4 is 0 Å². The molecule has 16 nitrogen and oxygen atoms in total. The van der Waals surface area contributed by atoms with Crippen LogP contribution in [0.25, 0.3) is 58.4 Å². The molecule has 16 heteroatoms. The van der Waals surface area contributed by atoms with Gasteiger partial charge in [0.1, 0.15) is 0 Å². The Bertz CT molecular complexity index is 264. The minimum atomic E-state index is -1.11. The van der Waals surface area contributed by atoms with Gasteiger partial charge in [0.25, 0.3) is 0 Å². The Balaban J connectivity index is -0.0000000593. The monoisotopic (exact) mass is 305 g/mol. The topological polar surface area (TPSA) is 317 Å². The van der Waals surface area contributed by atoms with Gasteiger partial charge in [-0.05, 0) is 10.4 Å². The molecule has 120 valence electrons. The molecule has 0 saturated carbocycles. The lowest BCUT2D eigenvalue weighted by atomic mass is 9.93. The third-order valence-corrected chi connectivity index (χ3v) is 1.34. The maximum atomic E-state index is 8.50. The van der Waals surface area contributed by atoms with Crippen LogP contribution in [0.3, 0.4) is 0 Å². The molecule has 0 saturated heterocycles. The molecule has 0 bridgehead atoms. The SMILES string of the molecule is OCC(CO)(CO)CO.[N-]=[N+]=N.[N-]=[N+]=[N-].[N-]=[N+]=[N-].[N-]=[N+]=[N-]. The van der Waals surface area contributed by atoms with E-state index in [1.54, 1.807) is 4.91 Å². The first-order chi connectivity index (χ1) is 9.90. The van der Waals surface area contributed by atoms with E-state index < -0.39 is 31.8 Å². The summed E-state index contributed by atoms with van der Waals surface area (Å²) in [6, 6.07) is 0. The van der Waals surface area contributed by atoms with Crippen molar-refractivity contribution in [2.24, 2.45) is 5.41 Å². The van der Waals surface area contributed by atoms with Gasteiger partial charge < -0.3 is 53.6 Å². The van der Waals surface area contributed by atoms with Crippen LogP contribution < -0.4 is 0 Å². The zero-order chi connectivity index (χ0) is 18.2. The average Bonchev–Trinajstić information content (AvgIpc) is 2.45. The molecule has 0 aromatic carbocycles. The Morgan fingerprint density at radius 3 is 0.714 bits per heavy atom. The second kappa shape index (κ2) is 36.0. The van der Waals surface area contributed by atoms with E-state index in [0.29, 0.717) is 0 Å². The van der Waals surface area contributed by atoms with Crippen molar-refractivity contribution in [2.45, 2.75) is 0 Å². The molecule has 0 aliphatic carbocycles. The Hall–Kier alpha value is -2.92. The smallest absolute Gasteiger partial charge is 0.0627 e. The molecule has 0 atom stereocenters. The van der Waals surface area contributed by atoms with Crippen molar-refractivity contribution in [3.05, 3.63) is 58.4 Å². The van der Waals surface area contributed by atoms with E-state index in [-0.39, 0.29) is 0 Å². The summed E-state index contributed by atoms with van der Waals surface area (Å²) >= 11 is 0. The predicted molar refractivity (Wildman–Crippen MR) is 70.4 cm³/mol. The quantitative estimate of drug-likeness (QED) is 0.291. The summed E-state index contributed by atoms with van der Waals surface area (Å²) in [5.41, 5.74) is 51.6. The van der Waals surface area contributed by atoms with Gasteiger partial charge in [0.15, 0.2) is 0 Å². The third kappa shape index (κ3) is 47.1. The molecule has 5 N–H and O–H groups in total. The van der Waals surface area contributed by atoms with Gasteiger partial charge in [-0.3, -0.25) is 14.7 Å². The van der Waals surface area contributed by atoms with Gasteiger partial charge >= 0.3 is 0 Å². The van der Waals surface area contributed by atoms with Crippen LogP contribution in [0.5, 0.6) is 0 Å². The fraction of sp³-hybridized carbons (Fsp3) is 1.00. The standard InChI is InChI=1S/C5H12O4.HN3.3N3/c6-1-5(2-7,3-8)4-9;4*1-3-2/h6-9H,1-4H2;1H;;;/q;;3*-1. The van der Waals surface area contributed by atoms with E-state index in [2.05, 4.69) is 0 Å². The van der Waals surface area contributed by atoms with Crippen molar-refractivity contribution in [2.75, 3.05) is 26.4 Å². The molecule has 0 aromatic rings. The molecule has 0 unspecified atom stereocenters. The Kier molecular flexibility index (Phi) is 52.8. The van der Waals surface area contributed by atoms with Gasteiger partial charge in [-0.2, -0.15) is 0 Å². The number of aliphatic hydroxyl groups excluding tert-OH is 4. The van der Waals surface area contributed by atoms with Crippen LogP contribution >= 0.6 is 0 Å². The van der Waals surface area contributed by atoms with E-state index in [0.717, 1.165) is 0 Å². The molecule has 0 aromatic heterocycles. The number of rotatable bonds is 4. The minimum absolute atomic E-state index is 0.406. The Labute approximate surface area is 117 Å². The van der Waals surface area contributed by atoms with Gasteiger partial charge in [0, 0.05) is 0 Å². The Morgan fingerprint density at radius 2 is 0.714 bits per heavy atom. The fourth-order valence-corrected chi connectivity index (χ4v) is 0.300. The molecule has 0 aliphatic rings.